The minimum absolute atomic E-state index is 0.0956. The summed E-state index contributed by atoms with van der Waals surface area (Å²) >= 11 is 3.42. The summed E-state index contributed by atoms with van der Waals surface area (Å²) in [4.78, 5) is 0. The Kier molecular flexibility index (Phi) is 3.64. The van der Waals surface area contributed by atoms with Crippen molar-refractivity contribution in [1.29, 1.82) is 0 Å². The summed E-state index contributed by atoms with van der Waals surface area (Å²) in [5.74, 6) is 1.15. The Balaban J connectivity index is 1.97. The Morgan fingerprint density at radius 3 is 2.90 bits per heavy atom. The Morgan fingerprint density at radius 2 is 2.10 bits per heavy atom. The molecule has 1 aliphatic heterocycles. The zero-order valence-corrected chi connectivity index (χ0v) is 13.5. The van der Waals surface area contributed by atoms with Crippen LogP contribution in [-0.2, 0) is 9.84 Å². The van der Waals surface area contributed by atoms with Crippen molar-refractivity contribution in [2.24, 2.45) is 5.92 Å². The van der Waals surface area contributed by atoms with Crippen molar-refractivity contribution in [3.8, 4) is 0 Å². The lowest BCUT2D eigenvalue weighted by atomic mass is 10.2. The van der Waals surface area contributed by atoms with Crippen molar-refractivity contribution in [3.63, 3.8) is 0 Å². The molecular formula is C14H16BrNO3S. The molecule has 6 heteroatoms. The fraction of sp³-hybridized carbons (Fsp3) is 0.429. The van der Waals surface area contributed by atoms with Gasteiger partial charge < -0.3 is 9.73 Å². The van der Waals surface area contributed by atoms with E-state index in [9.17, 15) is 8.42 Å². The average molecular weight is 358 g/mol. The third-order valence-electron chi connectivity index (χ3n) is 3.51. The molecule has 1 fully saturated rings. The van der Waals surface area contributed by atoms with Gasteiger partial charge in [-0.2, -0.15) is 0 Å². The molecule has 0 aliphatic carbocycles. The molecule has 1 N–H and O–H groups in total. The van der Waals surface area contributed by atoms with Gasteiger partial charge in [0.1, 0.15) is 11.3 Å². The number of sulfone groups is 1. The standard InChI is InChI=1S/C14H16BrNO3S/c1-9-6-16-12(8-20(17,18)7-9)14-5-10-4-11(15)2-3-13(10)19-14/h2-5,9,12,16H,6-8H2,1H3. The van der Waals surface area contributed by atoms with Crippen LogP contribution in [0.4, 0.5) is 0 Å². The summed E-state index contributed by atoms with van der Waals surface area (Å²) in [6.45, 7) is 2.63. The maximum absolute atomic E-state index is 12.0. The first-order valence-corrected chi connectivity index (χ1v) is 9.17. The predicted molar refractivity (Wildman–Crippen MR) is 82.5 cm³/mol. The van der Waals surface area contributed by atoms with Crippen molar-refractivity contribution < 1.29 is 12.8 Å². The van der Waals surface area contributed by atoms with Crippen LogP contribution in [-0.4, -0.2) is 26.5 Å². The second kappa shape index (κ2) is 5.16. The summed E-state index contributed by atoms with van der Waals surface area (Å²) < 4.78 is 30.9. The van der Waals surface area contributed by atoms with E-state index < -0.39 is 9.84 Å². The molecule has 108 valence electrons. The van der Waals surface area contributed by atoms with Crippen LogP contribution in [0.5, 0.6) is 0 Å². The van der Waals surface area contributed by atoms with Crippen molar-refractivity contribution >= 4 is 36.7 Å². The number of halogens is 1. The second-order valence-electron chi connectivity index (χ2n) is 5.47. The van der Waals surface area contributed by atoms with Crippen molar-refractivity contribution in [2.45, 2.75) is 13.0 Å². The summed E-state index contributed by atoms with van der Waals surface area (Å²) in [6, 6.07) is 7.42. The SMILES string of the molecule is CC1CNC(c2cc3cc(Br)ccc3o2)CS(=O)(=O)C1. The van der Waals surface area contributed by atoms with E-state index in [4.69, 9.17) is 4.42 Å². The fourth-order valence-electron chi connectivity index (χ4n) is 2.61. The highest BCUT2D eigenvalue weighted by atomic mass is 79.9. The Morgan fingerprint density at radius 1 is 1.30 bits per heavy atom. The van der Waals surface area contributed by atoms with E-state index in [1.54, 1.807) is 0 Å². The van der Waals surface area contributed by atoms with Crippen molar-refractivity contribution in [1.82, 2.24) is 5.32 Å². The van der Waals surface area contributed by atoms with Crippen LogP contribution in [0, 0.1) is 5.92 Å². The van der Waals surface area contributed by atoms with Crippen LogP contribution in [0.15, 0.2) is 33.2 Å². The maximum Gasteiger partial charge on any atom is 0.152 e. The molecule has 1 aliphatic rings. The Hall–Kier alpha value is -0.850. The molecule has 0 spiro atoms. The molecule has 4 nitrogen and oxygen atoms in total. The van der Waals surface area contributed by atoms with Gasteiger partial charge in [-0.3, -0.25) is 0 Å². The van der Waals surface area contributed by atoms with Crippen LogP contribution in [0.1, 0.15) is 18.7 Å². The monoisotopic (exact) mass is 357 g/mol. The molecule has 0 saturated carbocycles. The minimum atomic E-state index is -3.04. The van der Waals surface area contributed by atoms with Gasteiger partial charge in [0.2, 0.25) is 0 Å². The summed E-state index contributed by atoms with van der Waals surface area (Å²) in [5, 5.41) is 4.27. The molecule has 2 heterocycles. The van der Waals surface area contributed by atoms with Gasteiger partial charge in [0.15, 0.2) is 9.84 Å². The number of hydrogen-bond donors (Lipinski definition) is 1. The van der Waals surface area contributed by atoms with Gasteiger partial charge in [0.25, 0.3) is 0 Å². The molecular weight excluding hydrogens is 342 g/mol. The summed E-state index contributed by atoms with van der Waals surface area (Å²) in [6.07, 6.45) is 0. The number of nitrogens with one attached hydrogen (secondary N) is 1. The molecule has 2 atom stereocenters. The molecule has 2 unspecified atom stereocenters. The molecule has 1 saturated heterocycles. The molecule has 0 radical (unpaired) electrons. The molecule has 0 amide bonds. The van der Waals surface area contributed by atoms with E-state index in [0.29, 0.717) is 12.3 Å². The molecule has 0 bridgehead atoms. The van der Waals surface area contributed by atoms with Gasteiger partial charge in [0, 0.05) is 9.86 Å². The third kappa shape index (κ3) is 2.92. The zero-order chi connectivity index (χ0) is 14.3. The van der Waals surface area contributed by atoms with Crippen LogP contribution >= 0.6 is 15.9 Å². The largest absolute Gasteiger partial charge is 0.459 e. The first-order chi connectivity index (χ1) is 9.43. The first-order valence-electron chi connectivity index (χ1n) is 6.56. The fourth-order valence-corrected chi connectivity index (χ4v) is 4.90. The number of furan rings is 1. The average Bonchev–Trinajstić information content (AvgIpc) is 2.70. The predicted octanol–water partition coefficient (Wildman–Crippen LogP) is 2.89. The molecule has 3 rings (SSSR count). The summed E-state index contributed by atoms with van der Waals surface area (Å²) in [7, 11) is -3.04. The first kappa shape index (κ1) is 14.1. The normalized spacial score (nSPS) is 26.5. The van der Waals surface area contributed by atoms with E-state index >= 15 is 0 Å². The molecule has 1 aromatic heterocycles. The van der Waals surface area contributed by atoms with E-state index in [2.05, 4.69) is 21.2 Å². The van der Waals surface area contributed by atoms with Gasteiger partial charge in [0.05, 0.1) is 17.5 Å². The molecule has 20 heavy (non-hydrogen) atoms. The highest BCUT2D eigenvalue weighted by Crippen LogP contribution is 2.28. The van der Waals surface area contributed by atoms with Gasteiger partial charge in [-0.25, -0.2) is 8.42 Å². The second-order valence-corrected chi connectivity index (χ2v) is 8.54. The van der Waals surface area contributed by atoms with Crippen molar-refractivity contribution in [2.75, 3.05) is 18.1 Å². The smallest absolute Gasteiger partial charge is 0.152 e. The number of fused-ring (bicyclic) bond motifs is 1. The number of benzene rings is 1. The Bertz CT molecular complexity index is 738. The minimum Gasteiger partial charge on any atom is -0.459 e. The van der Waals surface area contributed by atoms with Crippen LogP contribution in [0.25, 0.3) is 11.0 Å². The van der Waals surface area contributed by atoms with E-state index in [0.717, 1.165) is 15.4 Å². The van der Waals surface area contributed by atoms with Gasteiger partial charge in [-0.15, -0.1) is 0 Å². The van der Waals surface area contributed by atoms with E-state index in [1.807, 2.05) is 31.2 Å². The van der Waals surface area contributed by atoms with Crippen LogP contribution in [0.2, 0.25) is 0 Å². The van der Waals surface area contributed by atoms with Crippen LogP contribution < -0.4 is 5.32 Å². The number of rotatable bonds is 1. The summed E-state index contributed by atoms with van der Waals surface area (Å²) in [5.41, 5.74) is 0.777. The lowest BCUT2D eigenvalue weighted by Crippen LogP contribution is -2.25. The topological polar surface area (TPSA) is 59.3 Å². The highest BCUT2D eigenvalue weighted by Gasteiger charge is 2.29. The van der Waals surface area contributed by atoms with E-state index in [1.165, 1.54) is 0 Å². The lowest BCUT2D eigenvalue weighted by Gasteiger charge is -2.12. The van der Waals surface area contributed by atoms with Crippen LogP contribution in [0.3, 0.4) is 0 Å². The van der Waals surface area contributed by atoms with Crippen molar-refractivity contribution in [3.05, 3.63) is 34.5 Å². The molecule has 2 aromatic rings. The Labute approximate surface area is 126 Å². The quantitative estimate of drug-likeness (QED) is 0.852. The zero-order valence-electron chi connectivity index (χ0n) is 11.1. The van der Waals surface area contributed by atoms with Gasteiger partial charge in [-0.05, 0) is 36.7 Å². The number of hydrogen-bond acceptors (Lipinski definition) is 4. The highest BCUT2D eigenvalue weighted by molar-refractivity contribution is 9.10. The maximum atomic E-state index is 12.0. The third-order valence-corrected chi connectivity index (χ3v) is 5.92. The van der Waals surface area contributed by atoms with E-state index in [-0.39, 0.29) is 23.5 Å². The van der Waals surface area contributed by atoms with Gasteiger partial charge in [-0.1, -0.05) is 22.9 Å². The lowest BCUT2D eigenvalue weighted by molar-refractivity contribution is 0.439. The molecule has 1 aromatic carbocycles. The van der Waals surface area contributed by atoms with Gasteiger partial charge >= 0.3 is 0 Å².